The van der Waals surface area contributed by atoms with Crippen molar-refractivity contribution in [3.05, 3.63) is 0 Å². The van der Waals surface area contributed by atoms with Crippen molar-refractivity contribution in [2.24, 2.45) is 0 Å². The lowest BCUT2D eigenvalue weighted by molar-refractivity contribution is -0.146. The second kappa shape index (κ2) is 14.7. The van der Waals surface area contributed by atoms with E-state index in [1.165, 1.54) is 19.3 Å². The van der Waals surface area contributed by atoms with Gasteiger partial charge in [-0.1, -0.05) is 59.3 Å². The third-order valence-corrected chi connectivity index (χ3v) is 3.38. The summed E-state index contributed by atoms with van der Waals surface area (Å²) in [6, 6.07) is -0.602. The minimum Gasteiger partial charge on any atom is -0.464 e. The van der Waals surface area contributed by atoms with Crippen LogP contribution < -0.4 is 5.32 Å². The zero-order valence-corrected chi connectivity index (χ0v) is 14.5. The Morgan fingerprint density at radius 2 is 1.45 bits per heavy atom. The molecular weight excluding hydrogens is 282 g/mol. The van der Waals surface area contributed by atoms with Crippen molar-refractivity contribution in [3.8, 4) is 0 Å². The second-order valence-corrected chi connectivity index (χ2v) is 5.56. The van der Waals surface area contributed by atoms with Crippen LogP contribution in [0.25, 0.3) is 0 Å². The van der Waals surface area contributed by atoms with Crippen LogP contribution in [0.15, 0.2) is 0 Å². The summed E-state index contributed by atoms with van der Waals surface area (Å²) in [4.78, 5) is 23.6. The number of carbonyl (C=O) groups excluding carboxylic acids is 2. The van der Waals surface area contributed by atoms with Gasteiger partial charge in [-0.05, 0) is 19.3 Å². The fourth-order valence-electron chi connectivity index (χ4n) is 2.01. The third kappa shape index (κ3) is 11.4. The van der Waals surface area contributed by atoms with E-state index >= 15 is 0 Å². The largest absolute Gasteiger partial charge is 0.464 e. The van der Waals surface area contributed by atoms with E-state index < -0.39 is 12.1 Å². The quantitative estimate of drug-likeness (QED) is 0.409. The fraction of sp³-hybridized carbons (Fsp3) is 0.882. The zero-order chi connectivity index (χ0) is 16.6. The number of nitrogens with one attached hydrogen (secondary N) is 1. The Hall–Kier alpha value is -1.26. The lowest BCUT2D eigenvalue weighted by Gasteiger charge is -2.17. The molecule has 1 atom stereocenters. The molecule has 5 heteroatoms. The van der Waals surface area contributed by atoms with Crippen LogP contribution in [0.3, 0.4) is 0 Å². The van der Waals surface area contributed by atoms with E-state index in [0.717, 1.165) is 32.1 Å². The van der Waals surface area contributed by atoms with Gasteiger partial charge in [-0.2, -0.15) is 0 Å². The lowest BCUT2D eigenvalue weighted by Crippen LogP contribution is -2.42. The first-order chi connectivity index (χ1) is 10.7. The molecule has 0 aromatic heterocycles. The van der Waals surface area contributed by atoms with Gasteiger partial charge < -0.3 is 14.8 Å². The predicted molar refractivity (Wildman–Crippen MR) is 87.8 cm³/mol. The first kappa shape index (κ1) is 20.7. The lowest BCUT2D eigenvalue weighted by atomic mass is 10.1. The first-order valence-electron chi connectivity index (χ1n) is 8.75. The molecule has 1 N–H and O–H groups in total. The zero-order valence-electron chi connectivity index (χ0n) is 14.5. The summed E-state index contributed by atoms with van der Waals surface area (Å²) in [5, 5.41) is 2.60. The van der Waals surface area contributed by atoms with Crippen molar-refractivity contribution < 1.29 is 19.1 Å². The summed E-state index contributed by atoms with van der Waals surface area (Å²) in [6.07, 6.45) is 8.17. The maximum Gasteiger partial charge on any atom is 0.407 e. The molecule has 130 valence electrons. The highest BCUT2D eigenvalue weighted by Gasteiger charge is 2.21. The van der Waals surface area contributed by atoms with Gasteiger partial charge in [0.2, 0.25) is 0 Å². The summed E-state index contributed by atoms with van der Waals surface area (Å²) in [7, 11) is 0. The molecule has 0 aliphatic heterocycles. The predicted octanol–water partition coefficient (Wildman–Crippen LogP) is 4.20. The molecule has 0 saturated heterocycles. The Balaban J connectivity index is 3.97. The summed E-state index contributed by atoms with van der Waals surface area (Å²) < 4.78 is 10.3. The van der Waals surface area contributed by atoms with Crippen LogP contribution in [0.2, 0.25) is 0 Å². The minimum absolute atomic E-state index is 0.357. The van der Waals surface area contributed by atoms with E-state index in [0.29, 0.717) is 19.6 Å². The Kier molecular flexibility index (Phi) is 13.8. The summed E-state index contributed by atoms with van der Waals surface area (Å²) in [5.74, 6) is -0.357. The molecule has 0 spiro atoms. The van der Waals surface area contributed by atoms with Crippen molar-refractivity contribution in [1.82, 2.24) is 5.32 Å². The SMILES string of the molecule is CCCCCCCOC(=O)C(CCC)NC(=O)OCCCC. The van der Waals surface area contributed by atoms with Crippen LogP contribution in [-0.2, 0) is 14.3 Å². The minimum atomic E-state index is -0.602. The van der Waals surface area contributed by atoms with Crippen LogP contribution in [0, 0.1) is 0 Å². The van der Waals surface area contributed by atoms with Gasteiger partial charge >= 0.3 is 12.1 Å². The third-order valence-electron chi connectivity index (χ3n) is 3.38. The number of amides is 1. The standard InChI is InChI=1S/C17H33NO4/c1-4-7-9-10-11-14-21-16(19)15(12-6-3)18-17(20)22-13-8-5-2/h15H,4-14H2,1-3H3,(H,18,20). The van der Waals surface area contributed by atoms with Crippen LogP contribution in [-0.4, -0.2) is 31.3 Å². The molecule has 0 aromatic rings. The van der Waals surface area contributed by atoms with Crippen molar-refractivity contribution >= 4 is 12.1 Å². The highest BCUT2D eigenvalue weighted by Crippen LogP contribution is 2.05. The van der Waals surface area contributed by atoms with Gasteiger partial charge in [0.25, 0.3) is 0 Å². The molecule has 1 unspecified atom stereocenters. The molecular formula is C17H33NO4. The Bertz CT molecular complexity index is 294. The van der Waals surface area contributed by atoms with Gasteiger partial charge in [-0.25, -0.2) is 9.59 Å². The van der Waals surface area contributed by atoms with E-state index in [2.05, 4.69) is 12.2 Å². The average Bonchev–Trinajstić information content (AvgIpc) is 2.50. The van der Waals surface area contributed by atoms with Gasteiger partial charge in [-0.15, -0.1) is 0 Å². The molecule has 0 rings (SSSR count). The molecule has 0 fully saturated rings. The van der Waals surface area contributed by atoms with E-state index in [1.54, 1.807) is 0 Å². The van der Waals surface area contributed by atoms with Gasteiger partial charge in [-0.3, -0.25) is 0 Å². The topological polar surface area (TPSA) is 64.6 Å². The fourth-order valence-corrected chi connectivity index (χ4v) is 2.01. The van der Waals surface area contributed by atoms with Crippen LogP contribution >= 0.6 is 0 Å². The molecule has 0 radical (unpaired) electrons. The van der Waals surface area contributed by atoms with Crippen molar-refractivity contribution in [2.75, 3.05) is 13.2 Å². The van der Waals surface area contributed by atoms with Gasteiger partial charge in [0.1, 0.15) is 6.04 Å². The number of carbonyl (C=O) groups is 2. The number of ether oxygens (including phenoxy) is 2. The van der Waals surface area contributed by atoms with Crippen LogP contribution in [0.5, 0.6) is 0 Å². The molecule has 0 saturated carbocycles. The second-order valence-electron chi connectivity index (χ2n) is 5.56. The van der Waals surface area contributed by atoms with Crippen LogP contribution in [0.1, 0.15) is 78.6 Å². The number of unbranched alkanes of at least 4 members (excludes halogenated alkanes) is 5. The normalized spacial score (nSPS) is 11.8. The van der Waals surface area contributed by atoms with E-state index in [4.69, 9.17) is 9.47 Å². The van der Waals surface area contributed by atoms with Crippen LogP contribution in [0.4, 0.5) is 4.79 Å². The Morgan fingerprint density at radius 3 is 2.09 bits per heavy atom. The summed E-state index contributed by atoms with van der Waals surface area (Å²) in [5.41, 5.74) is 0. The van der Waals surface area contributed by atoms with Gasteiger partial charge in [0.05, 0.1) is 13.2 Å². The molecule has 0 aliphatic carbocycles. The monoisotopic (exact) mass is 315 g/mol. The first-order valence-corrected chi connectivity index (χ1v) is 8.75. The number of hydrogen-bond acceptors (Lipinski definition) is 4. The van der Waals surface area contributed by atoms with E-state index in [9.17, 15) is 9.59 Å². The number of rotatable bonds is 13. The summed E-state index contributed by atoms with van der Waals surface area (Å²) >= 11 is 0. The van der Waals surface area contributed by atoms with E-state index in [1.807, 2.05) is 13.8 Å². The number of alkyl carbamates (subject to hydrolysis) is 1. The van der Waals surface area contributed by atoms with Crippen molar-refractivity contribution in [3.63, 3.8) is 0 Å². The maximum absolute atomic E-state index is 12.0. The molecule has 1 amide bonds. The average molecular weight is 315 g/mol. The molecule has 0 bridgehead atoms. The Morgan fingerprint density at radius 1 is 0.818 bits per heavy atom. The smallest absolute Gasteiger partial charge is 0.407 e. The molecule has 0 aromatic carbocycles. The van der Waals surface area contributed by atoms with E-state index in [-0.39, 0.29) is 5.97 Å². The molecule has 22 heavy (non-hydrogen) atoms. The number of hydrogen-bond donors (Lipinski definition) is 1. The highest BCUT2D eigenvalue weighted by molar-refractivity contribution is 5.81. The van der Waals surface area contributed by atoms with Crippen molar-refractivity contribution in [1.29, 1.82) is 0 Å². The van der Waals surface area contributed by atoms with Crippen molar-refractivity contribution in [2.45, 2.75) is 84.6 Å². The molecule has 0 aliphatic rings. The molecule has 0 heterocycles. The summed E-state index contributed by atoms with van der Waals surface area (Å²) in [6.45, 7) is 6.97. The molecule has 5 nitrogen and oxygen atoms in total. The number of esters is 1. The highest BCUT2D eigenvalue weighted by atomic mass is 16.6. The van der Waals surface area contributed by atoms with Gasteiger partial charge in [0.15, 0.2) is 0 Å². The van der Waals surface area contributed by atoms with Gasteiger partial charge in [0, 0.05) is 0 Å². The Labute approximate surface area is 135 Å². The maximum atomic E-state index is 12.0.